The standard InChI is InChI=1S/C7H16O/c1-4-7(8)5-6(2)3/h6-8H,4-5H2,1-3H3. The zero-order chi connectivity index (χ0) is 6.57. The van der Waals surface area contributed by atoms with Crippen LogP contribution in [0, 0.1) is 5.92 Å². The Bertz CT molecular complexity index is 50.3. The number of aliphatic hydroxyl groups is 1. The topological polar surface area (TPSA) is 20.2 Å². The predicted molar refractivity (Wildman–Crippen MR) is 35.8 cm³/mol. The van der Waals surface area contributed by atoms with Gasteiger partial charge in [0, 0.05) is 0 Å². The van der Waals surface area contributed by atoms with E-state index in [-0.39, 0.29) is 6.10 Å². The normalized spacial score (nSPS) is 14.6. The number of rotatable bonds is 3. The zero-order valence-electron chi connectivity index (χ0n) is 6.02. The Morgan fingerprint density at radius 3 is 2.00 bits per heavy atom. The maximum atomic E-state index is 9.03. The Hall–Kier alpha value is -0.0400. The Kier molecular flexibility index (Phi) is 3.88. The van der Waals surface area contributed by atoms with Crippen molar-refractivity contribution < 1.29 is 5.11 Å². The first kappa shape index (κ1) is 7.96. The van der Waals surface area contributed by atoms with Crippen LogP contribution in [0.15, 0.2) is 0 Å². The second kappa shape index (κ2) is 3.90. The molecule has 8 heavy (non-hydrogen) atoms. The number of hydrogen-bond donors (Lipinski definition) is 1. The van der Waals surface area contributed by atoms with Gasteiger partial charge < -0.3 is 5.11 Å². The summed E-state index contributed by atoms with van der Waals surface area (Å²) in [5.41, 5.74) is 0. The highest BCUT2D eigenvalue weighted by Gasteiger charge is 2.01. The lowest BCUT2D eigenvalue weighted by Crippen LogP contribution is -2.07. The molecule has 1 atom stereocenters. The van der Waals surface area contributed by atoms with Gasteiger partial charge in [-0.3, -0.25) is 0 Å². The molecule has 1 unspecified atom stereocenters. The Morgan fingerprint density at radius 1 is 1.38 bits per heavy atom. The van der Waals surface area contributed by atoms with Gasteiger partial charge in [-0.1, -0.05) is 20.8 Å². The van der Waals surface area contributed by atoms with Gasteiger partial charge in [0.1, 0.15) is 0 Å². The van der Waals surface area contributed by atoms with Crippen LogP contribution in [0.2, 0.25) is 0 Å². The average Bonchev–Trinajstić information content (AvgIpc) is 1.65. The molecule has 0 aromatic carbocycles. The molecule has 0 rings (SSSR count). The molecule has 0 spiro atoms. The molecule has 1 N–H and O–H groups in total. The van der Waals surface area contributed by atoms with Crippen LogP contribution in [0.4, 0.5) is 0 Å². The van der Waals surface area contributed by atoms with Crippen LogP contribution in [0.3, 0.4) is 0 Å². The van der Waals surface area contributed by atoms with Gasteiger partial charge in [0.15, 0.2) is 0 Å². The second-order valence-electron chi connectivity index (χ2n) is 2.69. The molecule has 0 radical (unpaired) electrons. The predicted octanol–water partition coefficient (Wildman–Crippen LogP) is 1.80. The summed E-state index contributed by atoms with van der Waals surface area (Å²) in [4.78, 5) is 0. The molecule has 0 aliphatic rings. The molecule has 0 saturated carbocycles. The molecule has 0 aromatic heterocycles. The van der Waals surface area contributed by atoms with Crippen LogP contribution in [0.1, 0.15) is 33.6 Å². The minimum Gasteiger partial charge on any atom is -0.393 e. The van der Waals surface area contributed by atoms with Gasteiger partial charge in [0.05, 0.1) is 6.10 Å². The maximum Gasteiger partial charge on any atom is 0.0540 e. The minimum absolute atomic E-state index is 0.0741. The van der Waals surface area contributed by atoms with Crippen LogP contribution in [0.5, 0.6) is 0 Å². The lowest BCUT2D eigenvalue weighted by atomic mass is 10.0. The fourth-order valence-electron chi connectivity index (χ4n) is 0.711. The SMILES string of the molecule is CCC(O)CC(C)C. The molecular formula is C7H16O. The van der Waals surface area contributed by atoms with Crippen LogP contribution >= 0.6 is 0 Å². The van der Waals surface area contributed by atoms with E-state index in [9.17, 15) is 0 Å². The zero-order valence-corrected chi connectivity index (χ0v) is 6.02. The summed E-state index contributed by atoms with van der Waals surface area (Å²) in [5, 5.41) is 9.03. The van der Waals surface area contributed by atoms with Gasteiger partial charge in [-0.15, -0.1) is 0 Å². The molecule has 0 bridgehead atoms. The van der Waals surface area contributed by atoms with Gasteiger partial charge >= 0.3 is 0 Å². The molecule has 0 fully saturated rings. The van der Waals surface area contributed by atoms with Gasteiger partial charge in [0.25, 0.3) is 0 Å². The highest BCUT2D eigenvalue weighted by atomic mass is 16.3. The molecule has 0 aliphatic carbocycles. The monoisotopic (exact) mass is 116 g/mol. The Labute approximate surface area is 51.7 Å². The van der Waals surface area contributed by atoms with Crippen LogP contribution in [0.25, 0.3) is 0 Å². The first-order chi connectivity index (χ1) is 3.66. The van der Waals surface area contributed by atoms with Crippen molar-refractivity contribution in [1.29, 1.82) is 0 Å². The largest absolute Gasteiger partial charge is 0.393 e. The summed E-state index contributed by atoms with van der Waals surface area (Å²) >= 11 is 0. The molecule has 0 saturated heterocycles. The molecule has 1 nitrogen and oxygen atoms in total. The summed E-state index contributed by atoms with van der Waals surface area (Å²) in [6.07, 6.45) is 1.75. The number of hydrogen-bond acceptors (Lipinski definition) is 1. The van der Waals surface area contributed by atoms with Gasteiger partial charge in [0.2, 0.25) is 0 Å². The lowest BCUT2D eigenvalue weighted by Gasteiger charge is -2.08. The van der Waals surface area contributed by atoms with Gasteiger partial charge in [-0.25, -0.2) is 0 Å². The fraction of sp³-hybridized carbons (Fsp3) is 1.00. The minimum atomic E-state index is -0.0741. The maximum absolute atomic E-state index is 9.03. The van der Waals surface area contributed by atoms with E-state index in [1.54, 1.807) is 0 Å². The molecule has 0 aromatic rings. The van der Waals surface area contributed by atoms with E-state index >= 15 is 0 Å². The second-order valence-corrected chi connectivity index (χ2v) is 2.69. The lowest BCUT2D eigenvalue weighted by molar-refractivity contribution is 0.145. The smallest absolute Gasteiger partial charge is 0.0540 e. The van der Waals surface area contributed by atoms with E-state index in [2.05, 4.69) is 13.8 Å². The van der Waals surface area contributed by atoms with Crippen molar-refractivity contribution in [2.45, 2.75) is 39.7 Å². The third kappa shape index (κ3) is 4.13. The van der Waals surface area contributed by atoms with Crippen molar-refractivity contribution in [2.24, 2.45) is 5.92 Å². The highest BCUT2D eigenvalue weighted by molar-refractivity contribution is 4.54. The summed E-state index contributed by atoms with van der Waals surface area (Å²) in [5.74, 6) is 0.630. The molecule has 1 heteroatoms. The van der Waals surface area contributed by atoms with Crippen LogP contribution in [-0.4, -0.2) is 11.2 Å². The van der Waals surface area contributed by atoms with Crippen molar-refractivity contribution in [3.05, 3.63) is 0 Å². The van der Waals surface area contributed by atoms with Crippen molar-refractivity contribution in [1.82, 2.24) is 0 Å². The number of aliphatic hydroxyl groups excluding tert-OH is 1. The average molecular weight is 116 g/mol. The van der Waals surface area contributed by atoms with E-state index in [0.717, 1.165) is 12.8 Å². The third-order valence-corrected chi connectivity index (χ3v) is 1.21. The molecular weight excluding hydrogens is 100 g/mol. The molecule has 0 heterocycles. The summed E-state index contributed by atoms with van der Waals surface area (Å²) in [6.45, 7) is 6.25. The van der Waals surface area contributed by atoms with Gasteiger partial charge in [-0.05, 0) is 18.8 Å². The molecule has 50 valence electrons. The van der Waals surface area contributed by atoms with Crippen molar-refractivity contribution in [3.63, 3.8) is 0 Å². The van der Waals surface area contributed by atoms with Crippen molar-refractivity contribution in [2.75, 3.05) is 0 Å². The van der Waals surface area contributed by atoms with E-state index in [4.69, 9.17) is 5.11 Å². The van der Waals surface area contributed by atoms with Crippen molar-refractivity contribution in [3.8, 4) is 0 Å². The van der Waals surface area contributed by atoms with Crippen LogP contribution < -0.4 is 0 Å². The Morgan fingerprint density at radius 2 is 1.88 bits per heavy atom. The highest BCUT2D eigenvalue weighted by Crippen LogP contribution is 2.05. The van der Waals surface area contributed by atoms with Crippen LogP contribution in [-0.2, 0) is 0 Å². The van der Waals surface area contributed by atoms with Crippen molar-refractivity contribution >= 4 is 0 Å². The summed E-state index contributed by atoms with van der Waals surface area (Å²) < 4.78 is 0. The van der Waals surface area contributed by atoms with E-state index in [0.29, 0.717) is 5.92 Å². The first-order valence-electron chi connectivity index (χ1n) is 3.34. The molecule has 0 amide bonds. The summed E-state index contributed by atoms with van der Waals surface area (Å²) in [7, 11) is 0. The Balaban J connectivity index is 3.10. The quantitative estimate of drug-likeness (QED) is 0.596. The third-order valence-electron chi connectivity index (χ3n) is 1.21. The van der Waals surface area contributed by atoms with Gasteiger partial charge in [-0.2, -0.15) is 0 Å². The molecule has 0 aliphatic heterocycles. The fourth-order valence-corrected chi connectivity index (χ4v) is 0.711. The summed E-state index contributed by atoms with van der Waals surface area (Å²) in [6, 6.07) is 0. The van der Waals surface area contributed by atoms with E-state index in [1.165, 1.54) is 0 Å². The first-order valence-corrected chi connectivity index (χ1v) is 3.34. The van der Waals surface area contributed by atoms with E-state index < -0.39 is 0 Å². The van der Waals surface area contributed by atoms with E-state index in [1.807, 2.05) is 6.92 Å².